The van der Waals surface area contributed by atoms with E-state index in [2.05, 4.69) is 15.3 Å². The molecule has 5 heteroatoms. The number of hydrogen-bond donors (Lipinski definition) is 1. The van der Waals surface area contributed by atoms with Crippen LogP contribution in [0.5, 0.6) is 0 Å². The maximum absolute atomic E-state index is 12.2. The van der Waals surface area contributed by atoms with Gasteiger partial charge >= 0.3 is 0 Å². The van der Waals surface area contributed by atoms with Gasteiger partial charge in [-0.15, -0.1) is 0 Å². The Balaban J connectivity index is 2.05. The molecule has 0 spiro atoms. The molecule has 22 heavy (non-hydrogen) atoms. The highest BCUT2D eigenvalue weighted by Gasteiger charge is 2.16. The van der Waals surface area contributed by atoms with Gasteiger partial charge in [-0.3, -0.25) is 9.78 Å². The van der Waals surface area contributed by atoms with Crippen molar-refractivity contribution in [2.24, 2.45) is 5.92 Å². The monoisotopic (exact) mass is 315 g/mol. The van der Waals surface area contributed by atoms with Gasteiger partial charge in [-0.2, -0.15) is 0 Å². The Kier molecular flexibility index (Phi) is 6.40. The van der Waals surface area contributed by atoms with E-state index >= 15 is 0 Å². The number of carbonyl (C=O) groups excluding carboxylic acids is 1. The Morgan fingerprint density at radius 1 is 1.14 bits per heavy atom. The van der Waals surface area contributed by atoms with Gasteiger partial charge in [0.1, 0.15) is 5.03 Å². The van der Waals surface area contributed by atoms with E-state index in [9.17, 15) is 4.79 Å². The summed E-state index contributed by atoms with van der Waals surface area (Å²) >= 11 is 1.58. The van der Waals surface area contributed by atoms with Crippen LogP contribution in [0.1, 0.15) is 32.4 Å². The lowest BCUT2D eigenvalue weighted by Crippen LogP contribution is -2.22. The lowest BCUT2D eigenvalue weighted by molar-refractivity contribution is -0.120. The van der Waals surface area contributed by atoms with Crippen LogP contribution in [0.4, 0.5) is 5.69 Å². The lowest BCUT2D eigenvalue weighted by Gasteiger charge is -2.14. The van der Waals surface area contributed by atoms with Crippen molar-refractivity contribution in [1.29, 1.82) is 0 Å². The molecule has 1 amide bonds. The molecule has 0 aliphatic rings. The fraction of sp³-hybridized carbons (Fsp3) is 0.353. The summed E-state index contributed by atoms with van der Waals surface area (Å²) in [5.74, 6) is 0.845. The maximum Gasteiger partial charge on any atom is 0.227 e. The van der Waals surface area contributed by atoms with Crippen molar-refractivity contribution < 1.29 is 4.79 Å². The second-order valence-electron chi connectivity index (χ2n) is 4.97. The zero-order chi connectivity index (χ0) is 15.8. The van der Waals surface area contributed by atoms with E-state index in [4.69, 9.17) is 0 Å². The molecule has 2 rings (SSSR count). The Hall–Kier alpha value is -1.88. The smallest absolute Gasteiger partial charge is 0.227 e. The first kappa shape index (κ1) is 16.5. The number of anilines is 1. The first-order chi connectivity index (χ1) is 10.7. The summed E-state index contributed by atoms with van der Waals surface area (Å²) in [6, 6.07) is 9.59. The van der Waals surface area contributed by atoms with Crippen molar-refractivity contribution in [2.45, 2.75) is 37.5 Å². The van der Waals surface area contributed by atoms with E-state index in [0.29, 0.717) is 0 Å². The van der Waals surface area contributed by atoms with E-state index in [1.165, 1.54) is 0 Å². The van der Waals surface area contributed by atoms with Gasteiger partial charge in [0.2, 0.25) is 5.91 Å². The minimum absolute atomic E-state index is 0.0499. The van der Waals surface area contributed by atoms with E-state index in [0.717, 1.165) is 35.0 Å². The Labute approximate surface area is 135 Å². The number of hydrogen-bond acceptors (Lipinski definition) is 4. The third kappa shape index (κ3) is 4.56. The van der Waals surface area contributed by atoms with E-state index < -0.39 is 0 Å². The molecule has 1 N–H and O–H groups in total. The second-order valence-corrected chi connectivity index (χ2v) is 5.93. The molecule has 0 radical (unpaired) electrons. The quantitative estimate of drug-likeness (QED) is 0.780. The van der Waals surface area contributed by atoms with Crippen LogP contribution in [0.15, 0.2) is 47.8 Å². The number of carbonyl (C=O) groups is 1. The zero-order valence-electron chi connectivity index (χ0n) is 13.0. The van der Waals surface area contributed by atoms with Crippen LogP contribution < -0.4 is 5.32 Å². The summed E-state index contributed by atoms with van der Waals surface area (Å²) in [7, 11) is 0. The molecule has 0 saturated heterocycles. The minimum Gasteiger partial charge on any atom is -0.324 e. The minimum atomic E-state index is 0.0499. The second kappa shape index (κ2) is 8.54. The van der Waals surface area contributed by atoms with Crippen LogP contribution in [-0.2, 0) is 10.5 Å². The molecule has 2 heterocycles. The fourth-order valence-electron chi connectivity index (χ4n) is 2.12. The molecular formula is C17H21N3OS. The largest absolute Gasteiger partial charge is 0.324 e. The first-order valence-corrected chi connectivity index (χ1v) is 8.51. The molecule has 0 fully saturated rings. The van der Waals surface area contributed by atoms with Gasteiger partial charge in [-0.1, -0.05) is 31.7 Å². The number of amides is 1. The van der Waals surface area contributed by atoms with Crippen molar-refractivity contribution >= 4 is 23.4 Å². The van der Waals surface area contributed by atoms with Gasteiger partial charge in [0.25, 0.3) is 0 Å². The van der Waals surface area contributed by atoms with Crippen molar-refractivity contribution in [2.75, 3.05) is 5.32 Å². The van der Waals surface area contributed by atoms with Crippen molar-refractivity contribution in [3.05, 3.63) is 48.4 Å². The molecule has 0 bridgehead atoms. The normalized spacial score (nSPS) is 10.7. The van der Waals surface area contributed by atoms with Crippen LogP contribution in [0.3, 0.4) is 0 Å². The van der Waals surface area contributed by atoms with Crippen LogP contribution in [0.2, 0.25) is 0 Å². The highest BCUT2D eigenvalue weighted by Crippen LogP contribution is 2.27. The van der Waals surface area contributed by atoms with Gasteiger partial charge < -0.3 is 5.32 Å². The van der Waals surface area contributed by atoms with E-state index in [1.807, 2.05) is 44.2 Å². The topological polar surface area (TPSA) is 54.9 Å². The molecule has 0 unspecified atom stereocenters. The molecule has 0 aromatic carbocycles. The van der Waals surface area contributed by atoms with Gasteiger partial charge in [-0.25, -0.2) is 4.98 Å². The number of nitrogens with one attached hydrogen (secondary N) is 1. The van der Waals surface area contributed by atoms with Crippen LogP contribution in [-0.4, -0.2) is 15.9 Å². The predicted octanol–water partition coefficient (Wildman–Crippen LogP) is 4.14. The van der Waals surface area contributed by atoms with Crippen molar-refractivity contribution in [3.63, 3.8) is 0 Å². The lowest BCUT2D eigenvalue weighted by atomic mass is 10.0. The number of pyridine rings is 2. The summed E-state index contributed by atoms with van der Waals surface area (Å²) in [6.45, 7) is 4.07. The highest BCUT2D eigenvalue weighted by atomic mass is 32.2. The third-order valence-electron chi connectivity index (χ3n) is 3.47. The van der Waals surface area contributed by atoms with Crippen molar-refractivity contribution in [1.82, 2.24) is 9.97 Å². The SMILES string of the molecule is CCC(CC)C(=O)Nc1cccnc1SCc1ccccn1. The summed E-state index contributed by atoms with van der Waals surface area (Å²) in [4.78, 5) is 20.9. The number of thioether (sulfide) groups is 1. The van der Waals surface area contributed by atoms with Crippen LogP contribution in [0.25, 0.3) is 0 Å². The molecule has 0 aliphatic heterocycles. The molecule has 4 nitrogen and oxygen atoms in total. The summed E-state index contributed by atoms with van der Waals surface area (Å²) in [5, 5.41) is 3.83. The third-order valence-corrected chi connectivity index (χ3v) is 4.51. The van der Waals surface area contributed by atoms with Gasteiger partial charge in [0, 0.05) is 24.1 Å². The molecule has 116 valence electrons. The molecule has 0 aliphatic carbocycles. The van der Waals surface area contributed by atoms with E-state index in [1.54, 1.807) is 24.2 Å². The predicted molar refractivity (Wildman–Crippen MR) is 90.7 cm³/mol. The molecular weight excluding hydrogens is 294 g/mol. The average Bonchev–Trinajstić information content (AvgIpc) is 2.56. The first-order valence-electron chi connectivity index (χ1n) is 7.53. The molecule has 0 saturated carbocycles. The highest BCUT2D eigenvalue weighted by molar-refractivity contribution is 7.98. The standard InChI is InChI=1S/C17H21N3OS/c1-3-13(4-2)16(21)20-15-9-7-11-19-17(15)22-12-14-8-5-6-10-18-14/h5-11,13H,3-4,12H2,1-2H3,(H,20,21). The van der Waals surface area contributed by atoms with Crippen LogP contribution in [0, 0.1) is 5.92 Å². The van der Waals surface area contributed by atoms with E-state index in [-0.39, 0.29) is 11.8 Å². The maximum atomic E-state index is 12.2. The molecule has 2 aromatic rings. The summed E-state index contributed by atoms with van der Waals surface area (Å²) < 4.78 is 0. The Morgan fingerprint density at radius 3 is 2.59 bits per heavy atom. The number of nitrogens with zero attached hydrogens (tertiary/aromatic N) is 2. The average molecular weight is 315 g/mol. The Bertz CT molecular complexity index is 600. The number of rotatable bonds is 7. The number of aromatic nitrogens is 2. The summed E-state index contributed by atoms with van der Waals surface area (Å²) in [5.41, 5.74) is 1.77. The zero-order valence-corrected chi connectivity index (χ0v) is 13.8. The van der Waals surface area contributed by atoms with Crippen molar-refractivity contribution in [3.8, 4) is 0 Å². The Morgan fingerprint density at radius 2 is 1.91 bits per heavy atom. The van der Waals surface area contributed by atoms with Gasteiger partial charge in [-0.05, 0) is 37.1 Å². The van der Waals surface area contributed by atoms with Gasteiger partial charge in [0.05, 0.1) is 11.4 Å². The molecule has 0 atom stereocenters. The van der Waals surface area contributed by atoms with Crippen LogP contribution >= 0.6 is 11.8 Å². The summed E-state index contributed by atoms with van der Waals surface area (Å²) in [6.07, 6.45) is 5.22. The molecule has 2 aromatic heterocycles. The van der Waals surface area contributed by atoms with Gasteiger partial charge in [0.15, 0.2) is 0 Å². The fourth-order valence-corrected chi connectivity index (χ4v) is 2.99.